The molecule has 19 heavy (non-hydrogen) atoms. The Morgan fingerprint density at radius 3 is 2.47 bits per heavy atom. The van der Waals surface area contributed by atoms with E-state index in [1.54, 1.807) is 0 Å². The maximum Gasteiger partial charge on any atom is 0.0653 e. The van der Waals surface area contributed by atoms with E-state index in [-0.39, 0.29) is 0 Å². The molecule has 1 aromatic heterocycles. The number of hydrogen-bond donors (Lipinski definition) is 0. The summed E-state index contributed by atoms with van der Waals surface area (Å²) in [5.74, 6) is 0. The van der Waals surface area contributed by atoms with Crippen LogP contribution < -0.4 is 0 Å². The summed E-state index contributed by atoms with van der Waals surface area (Å²) in [4.78, 5) is 2.49. The first kappa shape index (κ1) is 14.5. The number of hydrogen-bond acceptors (Lipinski definition) is 3. The second-order valence-electron chi connectivity index (χ2n) is 5.26. The van der Waals surface area contributed by atoms with Crippen LogP contribution in [0, 0.1) is 6.92 Å². The molecule has 0 radical (unpaired) electrons. The fourth-order valence-corrected chi connectivity index (χ4v) is 2.88. The Bertz CT molecular complexity index is 394. The molecule has 0 saturated carbocycles. The molecule has 4 nitrogen and oxygen atoms in total. The van der Waals surface area contributed by atoms with E-state index in [1.165, 1.54) is 23.4 Å². The van der Waals surface area contributed by atoms with Gasteiger partial charge in [0.1, 0.15) is 0 Å². The molecule has 2 heterocycles. The molecule has 0 bridgehead atoms. The first-order valence-corrected chi connectivity index (χ1v) is 7.61. The van der Waals surface area contributed by atoms with Gasteiger partial charge in [0.15, 0.2) is 0 Å². The zero-order chi connectivity index (χ0) is 13.7. The largest absolute Gasteiger partial charge is 0.379 e. The van der Waals surface area contributed by atoms with E-state index >= 15 is 0 Å². The van der Waals surface area contributed by atoms with E-state index in [0.717, 1.165) is 52.2 Å². The molecule has 0 amide bonds. The number of rotatable bonds is 6. The van der Waals surface area contributed by atoms with Gasteiger partial charge >= 0.3 is 0 Å². The topological polar surface area (TPSA) is 30.3 Å². The summed E-state index contributed by atoms with van der Waals surface area (Å²) in [6.45, 7) is 12.8. The lowest BCUT2D eigenvalue weighted by Crippen LogP contribution is -2.37. The summed E-state index contributed by atoms with van der Waals surface area (Å²) < 4.78 is 7.61. The minimum Gasteiger partial charge on any atom is -0.379 e. The first-order chi connectivity index (χ1) is 9.26. The molecule has 1 aliphatic rings. The van der Waals surface area contributed by atoms with Crippen LogP contribution in [0.25, 0.3) is 0 Å². The van der Waals surface area contributed by atoms with Gasteiger partial charge in [-0.25, -0.2) is 0 Å². The molecule has 1 aromatic rings. The standard InChI is InChI=1S/C15H27N3O/c1-4-14-13(3)15(5-2)18(16-14)8-6-7-17-9-11-19-12-10-17/h4-12H2,1-3H3. The van der Waals surface area contributed by atoms with Crippen molar-refractivity contribution in [2.75, 3.05) is 32.8 Å². The Kier molecular flexibility index (Phi) is 5.40. The number of morpholine rings is 1. The van der Waals surface area contributed by atoms with Crippen LogP contribution in [-0.4, -0.2) is 47.5 Å². The third-order valence-electron chi connectivity index (χ3n) is 4.04. The van der Waals surface area contributed by atoms with Crippen molar-refractivity contribution in [1.29, 1.82) is 0 Å². The Hall–Kier alpha value is -0.870. The molecule has 108 valence electrons. The van der Waals surface area contributed by atoms with Gasteiger partial charge in [-0.3, -0.25) is 9.58 Å². The van der Waals surface area contributed by atoms with Crippen LogP contribution in [0.5, 0.6) is 0 Å². The van der Waals surface area contributed by atoms with Gasteiger partial charge in [0.05, 0.1) is 18.9 Å². The lowest BCUT2D eigenvalue weighted by Gasteiger charge is -2.26. The van der Waals surface area contributed by atoms with E-state index in [0.29, 0.717) is 0 Å². The van der Waals surface area contributed by atoms with E-state index in [2.05, 4.69) is 30.4 Å². The Morgan fingerprint density at radius 1 is 1.11 bits per heavy atom. The molecule has 1 fully saturated rings. The summed E-state index contributed by atoms with van der Waals surface area (Å²) in [6, 6.07) is 0. The Balaban J connectivity index is 1.88. The molecule has 0 spiro atoms. The van der Waals surface area contributed by atoms with E-state index < -0.39 is 0 Å². The van der Waals surface area contributed by atoms with E-state index in [4.69, 9.17) is 9.84 Å². The fourth-order valence-electron chi connectivity index (χ4n) is 2.88. The lowest BCUT2D eigenvalue weighted by atomic mass is 10.1. The molecule has 0 N–H and O–H groups in total. The van der Waals surface area contributed by atoms with Crippen molar-refractivity contribution in [3.05, 3.63) is 17.0 Å². The SMILES string of the molecule is CCc1nn(CCCN2CCOCC2)c(CC)c1C. The Morgan fingerprint density at radius 2 is 1.84 bits per heavy atom. The van der Waals surface area contributed by atoms with Crippen molar-refractivity contribution in [3.8, 4) is 0 Å². The van der Waals surface area contributed by atoms with Crippen molar-refractivity contribution in [2.24, 2.45) is 0 Å². The van der Waals surface area contributed by atoms with Crippen LogP contribution in [0.2, 0.25) is 0 Å². The van der Waals surface area contributed by atoms with Crippen LogP contribution in [-0.2, 0) is 24.1 Å². The molecule has 1 saturated heterocycles. The minimum absolute atomic E-state index is 0.890. The van der Waals surface area contributed by atoms with Crippen molar-refractivity contribution < 1.29 is 4.74 Å². The van der Waals surface area contributed by atoms with Gasteiger partial charge in [-0.1, -0.05) is 13.8 Å². The number of nitrogens with zero attached hydrogens (tertiary/aromatic N) is 3. The highest BCUT2D eigenvalue weighted by Crippen LogP contribution is 2.15. The summed E-state index contributed by atoms with van der Waals surface area (Å²) in [5, 5.41) is 4.76. The average Bonchev–Trinajstić information content (AvgIpc) is 2.75. The summed E-state index contributed by atoms with van der Waals surface area (Å²) in [7, 11) is 0. The number of aryl methyl sites for hydroxylation is 2. The first-order valence-electron chi connectivity index (χ1n) is 7.61. The summed E-state index contributed by atoms with van der Waals surface area (Å²) in [5.41, 5.74) is 4.08. The lowest BCUT2D eigenvalue weighted by molar-refractivity contribution is 0.0368. The van der Waals surface area contributed by atoms with Gasteiger partial charge in [-0.05, 0) is 31.7 Å². The smallest absolute Gasteiger partial charge is 0.0653 e. The molecule has 4 heteroatoms. The van der Waals surface area contributed by atoms with Crippen LogP contribution in [0.4, 0.5) is 0 Å². The van der Waals surface area contributed by atoms with Gasteiger partial charge in [0.25, 0.3) is 0 Å². The van der Waals surface area contributed by atoms with Crippen LogP contribution in [0.3, 0.4) is 0 Å². The minimum atomic E-state index is 0.890. The molecule has 2 rings (SSSR count). The normalized spacial score (nSPS) is 17.0. The van der Waals surface area contributed by atoms with E-state index in [1.807, 2.05) is 0 Å². The van der Waals surface area contributed by atoms with Crippen molar-refractivity contribution in [2.45, 2.75) is 46.6 Å². The summed E-state index contributed by atoms with van der Waals surface area (Å²) in [6.07, 6.45) is 3.29. The molecule has 1 aliphatic heterocycles. The highest BCUT2D eigenvalue weighted by atomic mass is 16.5. The fraction of sp³-hybridized carbons (Fsp3) is 0.800. The monoisotopic (exact) mass is 265 g/mol. The second-order valence-corrected chi connectivity index (χ2v) is 5.26. The van der Waals surface area contributed by atoms with Gasteiger partial charge in [0, 0.05) is 31.9 Å². The van der Waals surface area contributed by atoms with Crippen molar-refractivity contribution in [1.82, 2.24) is 14.7 Å². The average molecular weight is 265 g/mol. The molecule has 0 atom stereocenters. The van der Waals surface area contributed by atoms with Crippen LogP contribution in [0.15, 0.2) is 0 Å². The highest BCUT2D eigenvalue weighted by Gasteiger charge is 2.13. The second kappa shape index (κ2) is 7.06. The maximum absolute atomic E-state index is 5.38. The van der Waals surface area contributed by atoms with Gasteiger partial charge in [-0.15, -0.1) is 0 Å². The Labute approximate surface area is 116 Å². The van der Waals surface area contributed by atoms with Crippen LogP contribution >= 0.6 is 0 Å². The zero-order valence-electron chi connectivity index (χ0n) is 12.6. The van der Waals surface area contributed by atoms with Gasteiger partial charge in [0.2, 0.25) is 0 Å². The van der Waals surface area contributed by atoms with Crippen molar-refractivity contribution >= 4 is 0 Å². The molecular weight excluding hydrogens is 238 g/mol. The number of aromatic nitrogens is 2. The predicted molar refractivity (Wildman–Crippen MR) is 77.6 cm³/mol. The molecular formula is C15H27N3O. The highest BCUT2D eigenvalue weighted by molar-refractivity contribution is 5.24. The third kappa shape index (κ3) is 3.57. The number of ether oxygens (including phenoxy) is 1. The molecule has 0 aromatic carbocycles. The summed E-state index contributed by atoms with van der Waals surface area (Å²) >= 11 is 0. The quantitative estimate of drug-likeness (QED) is 0.788. The van der Waals surface area contributed by atoms with Crippen LogP contribution in [0.1, 0.15) is 37.2 Å². The van der Waals surface area contributed by atoms with Crippen molar-refractivity contribution in [3.63, 3.8) is 0 Å². The molecule has 0 unspecified atom stereocenters. The van der Waals surface area contributed by atoms with Gasteiger partial charge < -0.3 is 4.74 Å². The molecule has 0 aliphatic carbocycles. The van der Waals surface area contributed by atoms with E-state index in [9.17, 15) is 0 Å². The maximum atomic E-state index is 5.38. The third-order valence-corrected chi connectivity index (χ3v) is 4.04. The van der Waals surface area contributed by atoms with Gasteiger partial charge in [-0.2, -0.15) is 5.10 Å². The predicted octanol–water partition coefficient (Wildman–Crippen LogP) is 2.04. The zero-order valence-corrected chi connectivity index (χ0v) is 12.6.